The minimum atomic E-state index is -0.373. The largest absolute Gasteiger partial charge is 0.485 e. The van der Waals surface area contributed by atoms with Gasteiger partial charge in [-0.2, -0.15) is 4.98 Å². The summed E-state index contributed by atoms with van der Waals surface area (Å²) in [5, 5.41) is 3.73. The van der Waals surface area contributed by atoms with Crippen LogP contribution in [0.2, 0.25) is 0 Å². The summed E-state index contributed by atoms with van der Waals surface area (Å²) in [7, 11) is 0. The highest BCUT2D eigenvalue weighted by Crippen LogP contribution is 2.16. The fourth-order valence-electron chi connectivity index (χ4n) is 2.02. The van der Waals surface area contributed by atoms with Gasteiger partial charge in [0.15, 0.2) is 12.4 Å². The van der Waals surface area contributed by atoms with Crippen LogP contribution >= 0.6 is 0 Å². The van der Waals surface area contributed by atoms with Gasteiger partial charge in [0.05, 0.1) is 0 Å². The number of aryl methyl sites for hydroxylation is 1. The van der Waals surface area contributed by atoms with Crippen molar-refractivity contribution in [3.63, 3.8) is 0 Å². The minimum Gasteiger partial charge on any atom is -0.485 e. The Morgan fingerprint density at radius 2 is 1.70 bits per heavy atom. The van der Waals surface area contributed by atoms with E-state index in [0.717, 1.165) is 0 Å². The molecule has 5 nitrogen and oxygen atoms in total. The first kappa shape index (κ1) is 14.9. The molecule has 1 heterocycles. The van der Waals surface area contributed by atoms with E-state index in [1.165, 1.54) is 24.3 Å². The van der Waals surface area contributed by atoms with E-state index >= 15 is 0 Å². The van der Waals surface area contributed by atoms with Gasteiger partial charge < -0.3 is 9.26 Å². The fourth-order valence-corrected chi connectivity index (χ4v) is 2.02. The second-order valence-electron chi connectivity index (χ2n) is 4.88. The van der Waals surface area contributed by atoms with Crippen molar-refractivity contribution in [2.45, 2.75) is 13.5 Å². The normalized spacial score (nSPS) is 10.5. The number of hydrogen-bond donors (Lipinski definition) is 0. The molecule has 0 radical (unpaired) electrons. The van der Waals surface area contributed by atoms with Crippen LogP contribution in [0.15, 0.2) is 53.1 Å². The molecule has 6 heteroatoms. The number of ketones is 1. The van der Waals surface area contributed by atoms with E-state index in [1.807, 2.05) is 0 Å². The molecule has 0 atom stereocenters. The van der Waals surface area contributed by atoms with Crippen molar-refractivity contribution in [1.29, 1.82) is 0 Å². The Kier molecular flexibility index (Phi) is 4.14. The molecule has 0 N–H and O–H groups in total. The summed E-state index contributed by atoms with van der Waals surface area (Å²) in [6.45, 7) is 1.88. The molecule has 116 valence electrons. The monoisotopic (exact) mass is 312 g/mol. The fraction of sp³-hybridized carbons (Fsp3) is 0.118. The zero-order valence-electron chi connectivity index (χ0n) is 12.3. The van der Waals surface area contributed by atoms with Crippen LogP contribution in [-0.4, -0.2) is 15.9 Å². The molecule has 0 saturated carbocycles. The number of rotatable bonds is 5. The molecule has 3 aromatic rings. The summed E-state index contributed by atoms with van der Waals surface area (Å²) in [5.41, 5.74) is 0.932. The van der Waals surface area contributed by atoms with Crippen LogP contribution in [0, 0.1) is 12.7 Å². The predicted octanol–water partition coefficient (Wildman–Crippen LogP) is 3.33. The van der Waals surface area contributed by atoms with Gasteiger partial charge in [-0.25, -0.2) is 4.39 Å². The van der Waals surface area contributed by atoms with Crippen molar-refractivity contribution in [3.8, 4) is 5.75 Å². The number of ether oxygens (including phenoxy) is 1. The van der Waals surface area contributed by atoms with Crippen LogP contribution in [-0.2, 0) is 6.61 Å². The average molecular weight is 312 g/mol. The third-order valence-corrected chi connectivity index (χ3v) is 3.16. The van der Waals surface area contributed by atoms with Crippen LogP contribution < -0.4 is 4.74 Å². The van der Waals surface area contributed by atoms with E-state index in [9.17, 15) is 9.18 Å². The van der Waals surface area contributed by atoms with Gasteiger partial charge >= 0.3 is 0 Å². The van der Waals surface area contributed by atoms with Crippen molar-refractivity contribution in [1.82, 2.24) is 10.1 Å². The van der Waals surface area contributed by atoms with Gasteiger partial charge in [0.1, 0.15) is 11.6 Å². The summed E-state index contributed by atoms with van der Waals surface area (Å²) < 4.78 is 23.3. The van der Waals surface area contributed by atoms with E-state index in [0.29, 0.717) is 28.6 Å². The van der Waals surface area contributed by atoms with Crippen LogP contribution in [0.3, 0.4) is 0 Å². The zero-order valence-corrected chi connectivity index (χ0v) is 12.3. The van der Waals surface area contributed by atoms with Crippen molar-refractivity contribution < 1.29 is 18.4 Å². The zero-order chi connectivity index (χ0) is 16.2. The first-order valence-electron chi connectivity index (χ1n) is 6.94. The Balaban J connectivity index is 1.66. The van der Waals surface area contributed by atoms with Crippen molar-refractivity contribution in [2.75, 3.05) is 0 Å². The highest BCUT2D eigenvalue weighted by Gasteiger charge is 2.09. The Labute approximate surface area is 131 Å². The van der Waals surface area contributed by atoms with Gasteiger partial charge in [0.25, 0.3) is 0 Å². The molecule has 0 unspecified atom stereocenters. The molecular formula is C17H13FN2O3. The molecule has 3 rings (SSSR count). The maximum absolute atomic E-state index is 12.9. The lowest BCUT2D eigenvalue weighted by Gasteiger charge is -2.05. The van der Waals surface area contributed by atoms with E-state index < -0.39 is 0 Å². The minimum absolute atomic E-state index is 0.176. The molecule has 2 aromatic carbocycles. The highest BCUT2D eigenvalue weighted by atomic mass is 19.1. The molecule has 0 saturated heterocycles. The standard InChI is InChI=1S/C17H13FN2O3/c1-11-19-16(20-23-11)10-22-15-8-4-13(5-9-15)17(21)12-2-6-14(18)7-3-12/h2-9H,10H2,1H3. The quantitative estimate of drug-likeness (QED) is 0.676. The Hall–Kier alpha value is -3.02. The molecule has 23 heavy (non-hydrogen) atoms. The molecule has 0 amide bonds. The lowest BCUT2D eigenvalue weighted by atomic mass is 10.0. The number of carbonyl (C=O) groups is 1. The maximum Gasteiger partial charge on any atom is 0.223 e. The summed E-state index contributed by atoms with van der Waals surface area (Å²) >= 11 is 0. The summed E-state index contributed by atoms with van der Waals surface area (Å²) in [4.78, 5) is 16.3. The second kappa shape index (κ2) is 6.39. The van der Waals surface area contributed by atoms with Gasteiger partial charge in [-0.15, -0.1) is 0 Å². The van der Waals surface area contributed by atoms with Crippen molar-refractivity contribution >= 4 is 5.78 Å². The smallest absolute Gasteiger partial charge is 0.223 e. The lowest BCUT2D eigenvalue weighted by molar-refractivity contribution is 0.103. The third kappa shape index (κ3) is 3.60. The predicted molar refractivity (Wildman–Crippen MR) is 79.6 cm³/mol. The molecule has 0 aliphatic carbocycles. The van der Waals surface area contributed by atoms with E-state index in [1.54, 1.807) is 31.2 Å². The van der Waals surface area contributed by atoms with Gasteiger partial charge in [0.2, 0.25) is 11.7 Å². The molecule has 0 fully saturated rings. The van der Waals surface area contributed by atoms with E-state index in [2.05, 4.69) is 10.1 Å². The molecule has 0 aliphatic rings. The van der Waals surface area contributed by atoms with Gasteiger partial charge in [-0.05, 0) is 48.5 Å². The molecule has 0 bridgehead atoms. The number of aromatic nitrogens is 2. The third-order valence-electron chi connectivity index (χ3n) is 3.16. The van der Waals surface area contributed by atoms with Crippen LogP contribution in [0.4, 0.5) is 4.39 Å². The number of nitrogens with zero attached hydrogens (tertiary/aromatic N) is 2. The molecule has 0 aliphatic heterocycles. The highest BCUT2D eigenvalue weighted by molar-refractivity contribution is 6.08. The molecular weight excluding hydrogens is 299 g/mol. The van der Waals surface area contributed by atoms with Crippen molar-refractivity contribution in [2.24, 2.45) is 0 Å². The van der Waals surface area contributed by atoms with Crippen LogP contribution in [0.25, 0.3) is 0 Å². The first-order valence-corrected chi connectivity index (χ1v) is 6.94. The number of hydrogen-bond acceptors (Lipinski definition) is 5. The average Bonchev–Trinajstić information content (AvgIpc) is 2.99. The topological polar surface area (TPSA) is 65.2 Å². The Morgan fingerprint density at radius 1 is 1.09 bits per heavy atom. The van der Waals surface area contributed by atoms with E-state index in [4.69, 9.17) is 9.26 Å². The number of benzene rings is 2. The number of carbonyl (C=O) groups excluding carboxylic acids is 1. The van der Waals surface area contributed by atoms with Gasteiger partial charge in [-0.1, -0.05) is 5.16 Å². The summed E-state index contributed by atoms with van der Waals surface area (Å²) in [5.74, 6) is 0.966. The second-order valence-corrected chi connectivity index (χ2v) is 4.88. The van der Waals surface area contributed by atoms with Gasteiger partial charge in [0, 0.05) is 18.1 Å². The summed E-state index contributed by atoms with van der Waals surface area (Å²) in [6.07, 6.45) is 0. The SMILES string of the molecule is Cc1nc(COc2ccc(C(=O)c3ccc(F)cc3)cc2)no1. The van der Waals surface area contributed by atoms with Crippen molar-refractivity contribution in [3.05, 3.63) is 77.2 Å². The molecule has 1 aromatic heterocycles. The maximum atomic E-state index is 12.9. The van der Waals surface area contributed by atoms with E-state index in [-0.39, 0.29) is 18.2 Å². The lowest BCUT2D eigenvalue weighted by Crippen LogP contribution is -2.02. The van der Waals surface area contributed by atoms with Gasteiger partial charge in [-0.3, -0.25) is 4.79 Å². The Morgan fingerprint density at radius 3 is 2.26 bits per heavy atom. The van der Waals surface area contributed by atoms with Crippen LogP contribution in [0.5, 0.6) is 5.75 Å². The number of halogens is 1. The summed E-state index contributed by atoms with van der Waals surface area (Å²) in [6, 6.07) is 12.1. The first-order chi connectivity index (χ1) is 11.1. The molecule has 0 spiro atoms. The Bertz CT molecular complexity index is 811. The van der Waals surface area contributed by atoms with Crippen LogP contribution in [0.1, 0.15) is 27.6 Å².